The molecule has 1 aromatic carbocycles. The molecule has 1 heterocycles. The Morgan fingerprint density at radius 3 is 3.06 bits per heavy atom. The van der Waals surface area contributed by atoms with E-state index in [1.807, 2.05) is 31.2 Å². The average Bonchev–Trinajstić information content (AvgIpc) is 2.60. The molecule has 4 nitrogen and oxygen atoms in total. The predicted molar refractivity (Wildman–Crippen MR) is 67.9 cm³/mol. The van der Waals surface area contributed by atoms with Gasteiger partial charge < -0.3 is 0 Å². The maximum atomic E-state index is 11.6. The second kappa shape index (κ2) is 4.85. The number of nitrogens with one attached hydrogen (secondary N) is 1. The highest BCUT2D eigenvalue weighted by molar-refractivity contribution is 8.18. The van der Waals surface area contributed by atoms with Crippen LogP contribution >= 0.6 is 11.8 Å². The molecule has 0 atom stereocenters. The zero-order valence-corrected chi connectivity index (χ0v) is 9.91. The number of aliphatic imine (C=N–C) groups is 1. The Hall–Kier alpha value is -2.06. The molecule has 0 aromatic heterocycles. The van der Waals surface area contributed by atoms with Gasteiger partial charge in [-0.2, -0.15) is 5.26 Å². The Morgan fingerprint density at radius 2 is 2.35 bits per heavy atom. The number of thioether (sulfide) groups is 1. The first kappa shape index (κ1) is 11.4. The minimum absolute atomic E-state index is 0.217. The van der Waals surface area contributed by atoms with Crippen molar-refractivity contribution >= 4 is 28.9 Å². The Kier molecular flexibility index (Phi) is 3.26. The first-order valence-corrected chi connectivity index (χ1v) is 5.75. The number of carbonyl (C=O) groups is 1. The quantitative estimate of drug-likeness (QED) is 0.606. The van der Waals surface area contributed by atoms with Crippen molar-refractivity contribution in [1.29, 1.82) is 5.26 Å². The van der Waals surface area contributed by atoms with Crippen LogP contribution in [-0.2, 0) is 4.79 Å². The van der Waals surface area contributed by atoms with E-state index >= 15 is 0 Å². The largest absolute Gasteiger partial charge is 0.300 e. The Morgan fingerprint density at radius 1 is 1.53 bits per heavy atom. The molecule has 0 saturated carbocycles. The zero-order valence-electron chi connectivity index (χ0n) is 9.10. The molecule has 1 fully saturated rings. The van der Waals surface area contributed by atoms with Crippen LogP contribution in [0.2, 0.25) is 0 Å². The number of hydrogen-bond acceptors (Lipinski definition) is 4. The molecule has 1 saturated heterocycles. The van der Waals surface area contributed by atoms with Crippen LogP contribution in [0.5, 0.6) is 0 Å². The summed E-state index contributed by atoms with van der Waals surface area (Å²) >= 11 is 1.17. The number of amidine groups is 1. The minimum atomic E-state index is -0.217. The lowest BCUT2D eigenvalue weighted by atomic mass is 10.1. The highest BCUT2D eigenvalue weighted by atomic mass is 32.2. The number of nitrogens with zero attached hydrogens (tertiary/aromatic N) is 2. The van der Waals surface area contributed by atoms with E-state index in [1.165, 1.54) is 11.8 Å². The summed E-state index contributed by atoms with van der Waals surface area (Å²) in [6.07, 6.45) is 3.43. The van der Waals surface area contributed by atoms with Crippen molar-refractivity contribution in [3.63, 3.8) is 0 Å². The van der Waals surface area contributed by atoms with Crippen LogP contribution in [0.25, 0.3) is 6.08 Å². The zero-order chi connectivity index (χ0) is 12.3. The number of hydrogen-bond donors (Lipinski definition) is 1. The van der Waals surface area contributed by atoms with Crippen LogP contribution in [0.4, 0.5) is 0 Å². The van der Waals surface area contributed by atoms with Gasteiger partial charge >= 0.3 is 0 Å². The van der Waals surface area contributed by atoms with Crippen LogP contribution in [0.3, 0.4) is 0 Å². The van der Waals surface area contributed by atoms with Crippen LogP contribution in [0.1, 0.15) is 11.1 Å². The van der Waals surface area contributed by atoms with Crippen molar-refractivity contribution < 1.29 is 4.79 Å². The van der Waals surface area contributed by atoms with E-state index < -0.39 is 0 Å². The van der Waals surface area contributed by atoms with Gasteiger partial charge in [-0.1, -0.05) is 29.8 Å². The average molecular weight is 243 g/mol. The first-order valence-electron chi connectivity index (χ1n) is 4.93. The van der Waals surface area contributed by atoms with Crippen molar-refractivity contribution in [1.82, 2.24) is 5.32 Å². The fourth-order valence-corrected chi connectivity index (χ4v) is 2.21. The lowest BCUT2D eigenvalue weighted by Gasteiger charge is -1.96. The summed E-state index contributed by atoms with van der Waals surface area (Å²) in [5.74, 6) is -0.217. The van der Waals surface area contributed by atoms with Crippen LogP contribution in [-0.4, -0.2) is 11.1 Å². The minimum Gasteiger partial charge on any atom is -0.300 e. The summed E-state index contributed by atoms with van der Waals surface area (Å²) in [6.45, 7) is 1.99. The van der Waals surface area contributed by atoms with E-state index in [1.54, 1.807) is 12.3 Å². The van der Waals surface area contributed by atoms with E-state index in [4.69, 9.17) is 5.26 Å². The van der Waals surface area contributed by atoms with Gasteiger partial charge in [-0.25, -0.2) is 0 Å². The SMILES string of the molecule is Cc1cccc(C=C2SC(=NC#N)NC2=O)c1. The van der Waals surface area contributed by atoms with E-state index in [9.17, 15) is 4.79 Å². The van der Waals surface area contributed by atoms with Crippen molar-refractivity contribution in [2.24, 2.45) is 4.99 Å². The Balaban J connectivity index is 2.27. The molecule has 0 radical (unpaired) electrons. The number of benzene rings is 1. The van der Waals surface area contributed by atoms with Crippen LogP contribution < -0.4 is 5.32 Å². The molecule has 0 spiro atoms. The molecule has 84 valence electrons. The topological polar surface area (TPSA) is 65.2 Å². The third-order valence-electron chi connectivity index (χ3n) is 2.14. The Labute approximate surface area is 103 Å². The lowest BCUT2D eigenvalue weighted by molar-refractivity contribution is -0.115. The molecular formula is C12H9N3OS. The summed E-state index contributed by atoms with van der Waals surface area (Å²) in [5.41, 5.74) is 2.09. The van der Waals surface area contributed by atoms with E-state index in [2.05, 4.69) is 10.3 Å². The fraction of sp³-hybridized carbons (Fsp3) is 0.0833. The molecule has 1 N–H and O–H groups in total. The third-order valence-corrected chi connectivity index (χ3v) is 3.05. The lowest BCUT2D eigenvalue weighted by Crippen LogP contribution is -2.19. The molecule has 0 unspecified atom stereocenters. The second-order valence-electron chi connectivity index (χ2n) is 3.50. The number of aryl methyl sites for hydroxylation is 1. The Bertz CT molecular complexity index is 569. The number of amides is 1. The second-order valence-corrected chi connectivity index (χ2v) is 4.53. The van der Waals surface area contributed by atoms with Crippen LogP contribution in [0.15, 0.2) is 34.2 Å². The molecule has 1 amide bonds. The van der Waals surface area contributed by atoms with Crippen molar-refractivity contribution in [3.8, 4) is 6.19 Å². The third kappa shape index (κ3) is 2.74. The fourth-order valence-electron chi connectivity index (χ4n) is 1.44. The number of rotatable bonds is 1. The van der Waals surface area contributed by atoms with Gasteiger partial charge in [0.15, 0.2) is 5.17 Å². The highest BCUT2D eigenvalue weighted by Gasteiger charge is 2.23. The molecule has 1 aliphatic rings. The molecule has 1 aromatic rings. The summed E-state index contributed by atoms with van der Waals surface area (Å²) in [6, 6.07) is 7.84. The summed E-state index contributed by atoms with van der Waals surface area (Å²) in [7, 11) is 0. The molecule has 1 aliphatic heterocycles. The standard InChI is InChI=1S/C12H9N3OS/c1-8-3-2-4-9(5-8)6-10-11(16)15-12(17-10)14-7-13/h2-6H,1H3,(H,14,15,16). The monoisotopic (exact) mass is 243 g/mol. The number of carbonyl (C=O) groups excluding carboxylic acids is 1. The van der Waals surface area contributed by atoms with Gasteiger partial charge in [0.1, 0.15) is 0 Å². The van der Waals surface area contributed by atoms with Gasteiger partial charge in [-0.3, -0.25) is 10.1 Å². The van der Waals surface area contributed by atoms with Gasteiger partial charge in [-0.05, 0) is 30.3 Å². The maximum Gasteiger partial charge on any atom is 0.264 e. The van der Waals surface area contributed by atoms with Gasteiger partial charge in [0.05, 0.1) is 4.91 Å². The normalized spacial score (nSPS) is 19.4. The van der Waals surface area contributed by atoms with Crippen molar-refractivity contribution in [2.45, 2.75) is 6.92 Å². The molecule has 17 heavy (non-hydrogen) atoms. The summed E-state index contributed by atoms with van der Waals surface area (Å²) < 4.78 is 0. The molecule has 2 rings (SSSR count). The van der Waals surface area contributed by atoms with E-state index in [0.29, 0.717) is 10.1 Å². The van der Waals surface area contributed by atoms with Gasteiger partial charge in [0.25, 0.3) is 5.91 Å². The molecule has 5 heteroatoms. The smallest absolute Gasteiger partial charge is 0.264 e. The first-order chi connectivity index (χ1) is 8.19. The predicted octanol–water partition coefficient (Wildman–Crippen LogP) is 2.04. The summed E-state index contributed by atoms with van der Waals surface area (Å²) in [4.78, 5) is 15.6. The van der Waals surface area contributed by atoms with E-state index in [-0.39, 0.29) is 5.91 Å². The van der Waals surface area contributed by atoms with Crippen molar-refractivity contribution in [3.05, 3.63) is 40.3 Å². The van der Waals surface area contributed by atoms with Gasteiger partial charge in [0, 0.05) is 0 Å². The van der Waals surface area contributed by atoms with Crippen LogP contribution in [0, 0.1) is 18.4 Å². The van der Waals surface area contributed by atoms with Gasteiger partial charge in [-0.15, -0.1) is 4.99 Å². The van der Waals surface area contributed by atoms with Crippen molar-refractivity contribution in [2.75, 3.05) is 0 Å². The van der Waals surface area contributed by atoms with E-state index in [0.717, 1.165) is 11.1 Å². The summed E-state index contributed by atoms with van der Waals surface area (Å²) in [5, 5.41) is 11.3. The van der Waals surface area contributed by atoms with Gasteiger partial charge in [0.2, 0.25) is 6.19 Å². The number of nitriles is 1. The molecular weight excluding hydrogens is 234 g/mol. The molecule has 0 aliphatic carbocycles. The molecule has 0 bridgehead atoms. The maximum absolute atomic E-state index is 11.6. The highest BCUT2D eigenvalue weighted by Crippen LogP contribution is 2.25.